The number of nitrogens with two attached hydrogens (primary N) is 2. The topological polar surface area (TPSA) is 159 Å². The summed E-state index contributed by atoms with van der Waals surface area (Å²) in [6, 6.07) is 0. The number of carbonyl (C=O) groups is 2. The van der Waals surface area contributed by atoms with Crippen molar-refractivity contribution >= 4 is 46.4 Å². The largest absolute Gasteiger partial charge is 0.394 e. The monoisotopic (exact) mass is 428 g/mol. The second kappa shape index (κ2) is 10.6. The maximum absolute atomic E-state index is 11.7. The second-order valence-electron chi connectivity index (χ2n) is 5.79. The maximum Gasteiger partial charge on any atom is 0.231 e. The molecule has 0 aliphatic carbocycles. The van der Waals surface area contributed by atoms with E-state index in [1.54, 1.807) is 6.20 Å². The standard InChI is InChI=1S/C16H24N6O4S2/c1-3-10(12(17)24)27-15-9-7-19-22(8-26-6-5-23)14(9)20-16(21-15)28-11(4-2)13(18)25/h7,10-11,23H,3-6,8H2,1-2H3,(H2,17,24)(H2,18,25). The van der Waals surface area contributed by atoms with Crippen molar-refractivity contribution in [1.82, 2.24) is 19.7 Å². The molecule has 2 rings (SSSR count). The maximum atomic E-state index is 11.7. The summed E-state index contributed by atoms with van der Waals surface area (Å²) in [5.41, 5.74) is 11.4. The number of ether oxygens (including phenoxy) is 1. The van der Waals surface area contributed by atoms with Crippen LogP contribution in [0.15, 0.2) is 16.4 Å². The number of thioether (sulfide) groups is 2. The number of carbonyl (C=O) groups excluding carboxylic acids is 2. The summed E-state index contributed by atoms with van der Waals surface area (Å²) in [5, 5.41) is 13.7. The average Bonchev–Trinajstić information content (AvgIpc) is 3.06. The highest BCUT2D eigenvalue weighted by molar-refractivity contribution is 8.01. The molecule has 0 aromatic carbocycles. The van der Waals surface area contributed by atoms with Gasteiger partial charge in [-0.3, -0.25) is 9.59 Å². The van der Waals surface area contributed by atoms with Gasteiger partial charge in [-0.2, -0.15) is 5.10 Å². The van der Waals surface area contributed by atoms with Crippen LogP contribution in [-0.2, 0) is 21.1 Å². The number of amides is 2. The van der Waals surface area contributed by atoms with Gasteiger partial charge in [0.05, 0.1) is 35.3 Å². The molecule has 5 N–H and O–H groups in total. The van der Waals surface area contributed by atoms with Crippen LogP contribution >= 0.6 is 23.5 Å². The third-order valence-electron chi connectivity index (χ3n) is 3.77. The Labute approximate surface area is 170 Å². The minimum atomic E-state index is -0.476. The minimum absolute atomic E-state index is 0.0926. The fourth-order valence-electron chi connectivity index (χ4n) is 2.31. The Hall–Kier alpha value is -1.89. The first-order valence-electron chi connectivity index (χ1n) is 8.75. The molecule has 0 aliphatic heterocycles. The number of hydrogen-bond acceptors (Lipinski definition) is 9. The summed E-state index contributed by atoms with van der Waals surface area (Å²) in [4.78, 5) is 32.3. The van der Waals surface area contributed by atoms with Crippen LogP contribution in [0.5, 0.6) is 0 Å². The van der Waals surface area contributed by atoms with Crippen LogP contribution in [0.2, 0.25) is 0 Å². The summed E-state index contributed by atoms with van der Waals surface area (Å²) in [5.74, 6) is -0.885. The van der Waals surface area contributed by atoms with Crippen LogP contribution in [0.25, 0.3) is 11.0 Å². The molecule has 12 heteroatoms. The van der Waals surface area contributed by atoms with Gasteiger partial charge in [-0.25, -0.2) is 14.6 Å². The van der Waals surface area contributed by atoms with Crippen molar-refractivity contribution < 1.29 is 19.4 Å². The molecule has 2 aromatic heterocycles. The Morgan fingerprint density at radius 3 is 2.39 bits per heavy atom. The number of aliphatic hydroxyl groups is 1. The average molecular weight is 429 g/mol. The van der Waals surface area contributed by atoms with E-state index in [2.05, 4.69) is 15.1 Å². The van der Waals surface area contributed by atoms with Gasteiger partial charge < -0.3 is 21.3 Å². The lowest BCUT2D eigenvalue weighted by atomic mass is 10.3. The summed E-state index contributed by atoms with van der Waals surface area (Å²) in [6.07, 6.45) is 2.66. The van der Waals surface area contributed by atoms with Crippen molar-refractivity contribution in [2.75, 3.05) is 13.2 Å². The van der Waals surface area contributed by atoms with Crippen molar-refractivity contribution in [2.45, 2.75) is 54.1 Å². The summed E-state index contributed by atoms with van der Waals surface area (Å²) < 4.78 is 6.85. The highest BCUT2D eigenvalue weighted by Crippen LogP contribution is 2.33. The molecule has 0 spiro atoms. The lowest BCUT2D eigenvalue weighted by molar-refractivity contribution is -0.118. The minimum Gasteiger partial charge on any atom is -0.394 e. The number of hydrogen-bond donors (Lipinski definition) is 3. The Balaban J connectivity index is 2.45. The Kier molecular flexibility index (Phi) is 8.48. The Morgan fingerprint density at radius 1 is 1.18 bits per heavy atom. The third kappa shape index (κ3) is 5.56. The van der Waals surface area contributed by atoms with E-state index in [1.165, 1.54) is 16.4 Å². The highest BCUT2D eigenvalue weighted by atomic mass is 32.2. The third-order valence-corrected chi connectivity index (χ3v) is 6.40. The van der Waals surface area contributed by atoms with Crippen molar-refractivity contribution in [1.29, 1.82) is 0 Å². The van der Waals surface area contributed by atoms with E-state index in [9.17, 15) is 9.59 Å². The van der Waals surface area contributed by atoms with Crippen LogP contribution in [0.4, 0.5) is 0 Å². The molecular formula is C16H24N6O4S2. The van der Waals surface area contributed by atoms with Gasteiger partial charge in [0.25, 0.3) is 0 Å². The summed E-state index contributed by atoms with van der Waals surface area (Å²) >= 11 is 2.40. The number of rotatable bonds is 12. The predicted octanol–water partition coefficient (Wildman–Crippen LogP) is 0.505. The SMILES string of the molecule is CCC(Sc1nc(SC(CC)C(N)=O)c2cnn(COCCO)c2n1)C(N)=O. The molecule has 2 amide bonds. The van der Waals surface area contributed by atoms with Crippen LogP contribution in [0.3, 0.4) is 0 Å². The van der Waals surface area contributed by atoms with E-state index in [0.29, 0.717) is 34.1 Å². The fraction of sp³-hybridized carbons (Fsp3) is 0.562. The molecule has 2 atom stereocenters. The van der Waals surface area contributed by atoms with Crippen molar-refractivity contribution in [3.05, 3.63) is 6.20 Å². The first-order chi connectivity index (χ1) is 13.4. The van der Waals surface area contributed by atoms with Gasteiger partial charge >= 0.3 is 0 Å². The zero-order valence-corrected chi connectivity index (χ0v) is 17.3. The molecule has 2 aromatic rings. The van der Waals surface area contributed by atoms with E-state index in [-0.39, 0.29) is 19.9 Å². The molecule has 154 valence electrons. The quantitative estimate of drug-likeness (QED) is 0.189. The van der Waals surface area contributed by atoms with E-state index in [1.807, 2.05) is 13.8 Å². The highest BCUT2D eigenvalue weighted by Gasteiger charge is 2.23. The van der Waals surface area contributed by atoms with Crippen molar-refractivity contribution in [3.63, 3.8) is 0 Å². The molecule has 0 aliphatic rings. The number of aliphatic hydroxyl groups excluding tert-OH is 1. The molecule has 10 nitrogen and oxygen atoms in total. The number of primary amides is 2. The van der Waals surface area contributed by atoms with Crippen LogP contribution in [-0.4, -0.2) is 60.4 Å². The number of aromatic nitrogens is 4. The molecule has 0 radical (unpaired) electrons. The van der Waals surface area contributed by atoms with Gasteiger partial charge in [-0.05, 0) is 12.8 Å². The van der Waals surface area contributed by atoms with Gasteiger partial charge in [0, 0.05) is 0 Å². The van der Waals surface area contributed by atoms with E-state index < -0.39 is 22.3 Å². The smallest absolute Gasteiger partial charge is 0.231 e. The van der Waals surface area contributed by atoms with E-state index in [4.69, 9.17) is 21.3 Å². The van der Waals surface area contributed by atoms with Gasteiger partial charge in [0.2, 0.25) is 11.8 Å². The second-order valence-corrected chi connectivity index (χ2v) is 8.15. The molecular weight excluding hydrogens is 404 g/mol. The normalized spacial score (nSPS) is 13.5. The van der Waals surface area contributed by atoms with Crippen molar-refractivity contribution in [3.8, 4) is 0 Å². The Bertz CT molecular complexity index is 831. The van der Waals surface area contributed by atoms with Gasteiger partial charge in [-0.1, -0.05) is 37.4 Å². The zero-order valence-electron chi connectivity index (χ0n) is 15.7. The first-order valence-corrected chi connectivity index (χ1v) is 10.5. The van der Waals surface area contributed by atoms with E-state index >= 15 is 0 Å². The van der Waals surface area contributed by atoms with Gasteiger partial charge in [-0.15, -0.1) is 0 Å². The molecule has 2 unspecified atom stereocenters. The van der Waals surface area contributed by atoms with Gasteiger partial charge in [0.15, 0.2) is 10.8 Å². The molecule has 0 saturated heterocycles. The number of fused-ring (bicyclic) bond motifs is 1. The molecule has 28 heavy (non-hydrogen) atoms. The lowest BCUT2D eigenvalue weighted by Gasteiger charge is -2.13. The van der Waals surface area contributed by atoms with Crippen molar-refractivity contribution in [2.24, 2.45) is 11.5 Å². The molecule has 0 bridgehead atoms. The summed E-state index contributed by atoms with van der Waals surface area (Å²) in [7, 11) is 0. The van der Waals surface area contributed by atoms with Gasteiger partial charge in [0.1, 0.15) is 11.8 Å². The zero-order chi connectivity index (χ0) is 20.7. The predicted molar refractivity (Wildman–Crippen MR) is 107 cm³/mol. The molecule has 0 fully saturated rings. The van der Waals surface area contributed by atoms with Crippen LogP contribution in [0.1, 0.15) is 26.7 Å². The number of nitrogens with zero attached hydrogens (tertiary/aromatic N) is 4. The first kappa shape index (κ1) is 22.4. The Morgan fingerprint density at radius 2 is 1.82 bits per heavy atom. The summed E-state index contributed by atoms with van der Waals surface area (Å²) in [6.45, 7) is 3.86. The lowest BCUT2D eigenvalue weighted by Crippen LogP contribution is -2.25. The van der Waals surface area contributed by atoms with Crippen LogP contribution < -0.4 is 11.5 Å². The fourth-order valence-corrected chi connectivity index (χ4v) is 4.15. The van der Waals surface area contributed by atoms with Crippen LogP contribution in [0, 0.1) is 0 Å². The molecule has 2 heterocycles. The molecule has 0 saturated carbocycles. The van der Waals surface area contributed by atoms with E-state index in [0.717, 1.165) is 11.8 Å².